The third kappa shape index (κ3) is 1.03. The second-order valence-corrected chi connectivity index (χ2v) is 3.13. The Bertz CT molecular complexity index is 659. The maximum absolute atomic E-state index is 10.8. The quantitative estimate of drug-likeness (QED) is 0.549. The third-order valence-corrected chi connectivity index (χ3v) is 2.27. The van der Waals surface area contributed by atoms with Crippen LogP contribution < -0.4 is 0 Å². The van der Waals surface area contributed by atoms with Crippen LogP contribution in [0.5, 0.6) is 0 Å². The van der Waals surface area contributed by atoms with Crippen LogP contribution >= 0.6 is 0 Å². The van der Waals surface area contributed by atoms with Crippen molar-refractivity contribution in [3.8, 4) is 0 Å². The Morgan fingerprint density at radius 1 is 1.27 bits per heavy atom. The summed E-state index contributed by atoms with van der Waals surface area (Å²) >= 11 is 0. The lowest BCUT2D eigenvalue weighted by Crippen LogP contribution is -1.97. The van der Waals surface area contributed by atoms with Gasteiger partial charge in [-0.3, -0.25) is 9.20 Å². The van der Waals surface area contributed by atoms with Crippen molar-refractivity contribution in [2.75, 3.05) is 0 Å². The molecule has 0 fully saturated rings. The first-order valence-electron chi connectivity index (χ1n) is 4.44. The maximum atomic E-state index is 10.8. The summed E-state index contributed by atoms with van der Waals surface area (Å²) in [6.07, 6.45) is 2.27. The van der Waals surface area contributed by atoms with Crippen LogP contribution in [-0.4, -0.2) is 25.9 Å². The van der Waals surface area contributed by atoms with Crippen LogP contribution in [0.2, 0.25) is 0 Å². The number of aldehydes is 1. The topological polar surface area (TPSA) is 60.2 Å². The van der Waals surface area contributed by atoms with Gasteiger partial charge in [0.05, 0.1) is 11.0 Å². The van der Waals surface area contributed by atoms with Crippen molar-refractivity contribution in [1.29, 1.82) is 0 Å². The number of hydrogen-bond acceptors (Lipinski definition) is 4. The van der Waals surface area contributed by atoms with E-state index in [9.17, 15) is 4.79 Å². The van der Waals surface area contributed by atoms with Crippen molar-refractivity contribution in [3.05, 3.63) is 36.3 Å². The van der Waals surface area contributed by atoms with Crippen molar-refractivity contribution in [3.63, 3.8) is 0 Å². The zero-order valence-electron chi connectivity index (χ0n) is 7.66. The number of para-hydroxylation sites is 2. The molecule has 0 N–H and O–H groups in total. The summed E-state index contributed by atoms with van der Waals surface area (Å²) in [5.74, 6) is 0. The molecule has 0 spiro atoms. The molecule has 1 aromatic carbocycles. The van der Waals surface area contributed by atoms with E-state index in [4.69, 9.17) is 0 Å². The minimum absolute atomic E-state index is 0.311. The molecule has 0 aliphatic rings. The number of benzene rings is 1. The number of carbonyl (C=O) groups is 1. The monoisotopic (exact) mass is 198 g/mol. The second kappa shape index (κ2) is 2.84. The summed E-state index contributed by atoms with van der Waals surface area (Å²) in [5, 5.41) is 7.63. The number of rotatable bonds is 1. The van der Waals surface area contributed by atoms with Crippen molar-refractivity contribution < 1.29 is 4.79 Å². The molecule has 5 nitrogen and oxygen atoms in total. The van der Waals surface area contributed by atoms with Crippen LogP contribution in [-0.2, 0) is 0 Å². The zero-order valence-corrected chi connectivity index (χ0v) is 7.66. The van der Waals surface area contributed by atoms with E-state index in [1.807, 2.05) is 24.3 Å². The lowest BCUT2D eigenvalue weighted by Gasteiger charge is -2.01. The molecule has 0 atom stereocenters. The SMILES string of the molecule is O=Cc1nc2ccccc2n2cnnc12. The van der Waals surface area contributed by atoms with Gasteiger partial charge in [-0.15, -0.1) is 10.2 Å². The maximum Gasteiger partial charge on any atom is 0.190 e. The van der Waals surface area contributed by atoms with E-state index in [0.717, 1.165) is 11.0 Å². The Hall–Kier alpha value is -2.30. The highest BCUT2D eigenvalue weighted by molar-refractivity contribution is 5.87. The molecule has 2 aromatic heterocycles. The Balaban J connectivity index is 2.62. The predicted octanol–water partition coefficient (Wildman–Crippen LogP) is 1.09. The average molecular weight is 198 g/mol. The van der Waals surface area contributed by atoms with E-state index in [1.165, 1.54) is 0 Å². The number of carbonyl (C=O) groups excluding carboxylic acids is 1. The third-order valence-electron chi connectivity index (χ3n) is 2.27. The number of nitrogens with zero attached hydrogens (tertiary/aromatic N) is 4. The van der Waals surface area contributed by atoms with Crippen LogP contribution in [0.15, 0.2) is 30.6 Å². The molecule has 72 valence electrons. The van der Waals surface area contributed by atoms with Crippen LogP contribution in [0.25, 0.3) is 16.7 Å². The molecule has 15 heavy (non-hydrogen) atoms. The largest absolute Gasteiger partial charge is 0.296 e. The summed E-state index contributed by atoms with van der Waals surface area (Å²) < 4.78 is 1.76. The molecule has 0 saturated heterocycles. The van der Waals surface area contributed by atoms with Crippen molar-refractivity contribution >= 4 is 23.0 Å². The lowest BCUT2D eigenvalue weighted by molar-refractivity contribution is 0.112. The van der Waals surface area contributed by atoms with E-state index in [0.29, 0.717) is 17.6 Å². The van der Waals surface area contributed by atoms with Crippen LogP contribution in [0.3, 0.4) is 0 Å². The van der Waals surface area contributed by atoms with Gasteiger partial charge in [0.15, 0.2) is 11.9 Å². The lowest BCUT2D eigenvalue weighted by atomic mass is 10.3. The Kier molecular flexibility index (Phi) is 1.53. The Morgan fingerprint density at radius 2 is 2.13 bits per heavy atom. The van der Waals surface area contributed by atoms with Gasteiger partial charge in [-0.25, -0.2) is 4.98 Å². The van der Waals surface area contributed by atoms with E-state index in [-0.39, 0.29) is 0 Å². The van der Waals surface area contributed by atoms with Crippen molar-refractivity contribution in [2.24, 2.45) is 0 Å². The normalized spacial score (nSPS) is 10.9. The molecule has 3 rings (SSSR count). The molecular formula is C10H6N4O. The van der Waals surface area contributed by atoms with Gasteiger partial charge in [0.2, 0.25) is 0 Å². The first-order chi connectivity index (χ1) is 7.40. The summed E-state index contributed by atoms with van der Waals surface area (Å²) in [7, 11) is 0. The molecule has 3 aromatic rings. The minimum Gasteiger partial charge on any atom is -0.296 e. The van der Waals surface area contributed by atoms with Crippen LogP contribution in [0.1, 0.15) is 10.5 Å². The molecule has 5 heteroatoms. The molecule has 2 heterocycles. The molecule has 0 aliphatic heterocycles. The number of aromatic nitrogens is 4. The van der Waals surface area contributed by atoms with Crippen LogP contribution in [0.4, 0.5) is 0 Å². The smallest absolute Gasteiger partial charge is 0.190 e. The zero-order chi connectivity index (χ0) is 10.3. The highest BCUT2D eigenvalue weighted by Crippen LogP contribution is 2.14. The van der Waals surface area contributed by atoms with E-state index in [1.54, 1.807) is 10.7 Å². The molecular weight excluding hydrogens is 192 g/mol. The summed E-state index contributed by atoms with van der Waals surface area (Å²) in [4.78, 5) is 15.0. The van der Waals surface area contributed by atoms with Crippen LogP contribution in [0, 0.1) is 0 Å². The van der Waals surface area contributed by atoms with Gasteiger partial charge in [0, 0.05) is 0 Å². The highest BCUT2D eigenvalue weighted by Gasteiger charge is 2.08. The average Bonchev–Trinajstić information content (AvgIpc) is 2.77. The fourth-order valence-corrected chi connectivity index (χ4v) is 1.61. The second-order valence-electron chi connectivity index (χ2n) is 3.13. The molecule has 0 bridgehead atoms. The van der Waals surface area contributed by atoms with E-state index >= 15 is 0 Å². The van der Waals surface area contributed by atoms with Gasteiger partial charge in [-0.1, -0.05) is 12.1 Å². The van der Waals surface area contributed by atoms with Gasteiger partial charge in [-0.2, -0.15) is 0 Å². The van der Waals surface area contributed by atoms with Gasteiger partial charge in [0.25, 0.3) is 0 Å². The fraction of sp³-hybridized carbons (Fsp3) is 0. The predicted molar refractivity (Wildman–Crippen MR) is 53.7 cm³/mol. The summed E-state index contributed by atoms with van der Waals surface area (Å²) in [6.45, 7) is 0. The first-order valence-corrected chi connectivity index (χ1v) is 4.44. The van der Waals surface area contributed by atoms with E-state index < -0.39 is 0 Å². The number of fused-ring (bicyclic) bond motifs is 3. The van der Waals surface area contributed by atoms with Gasteiger partial charge in [0.1, 0.15) is 12.0 Å². The Morgan fingerprint density at radius 3 is 3.00 bits per heavy atom. The van der Waals surface area contributed by atoms with Crippen molar-refractivity contribution in [1.82, 2.24) is 19.6 Å². The van der Waals surface area contributed by atoms with Gasteiger partial charge >= 0.3 is 0 Å². The van der Waals surface area contributed by atoms with Gasteiger partial charge in [-0.05, 0) is 12.1 Å². The fourth-order valence-electron chi connectivity index (χ4n) is 1.61. The van der Waals surface area contributed by atoms with Gasteiger partial charge < -0.3 is 0 Å². The Labute approximate surface area is 84.4 Å². The first kappa shape index (κ1) is 8.05. The minimum atomic E-state index is 0.311. The molecule has 0 radical (unpaired) electrons. The standard InChI is InChI=1S/C10H6N4O/c15-5-8-10-13-11-6-14(10)9-4-2-1-3-7(9)12-8/h1-6H. The van der Waals surface area contributed by atoms with Crippen molar-refractivity contribution in [2.45, 2.75) is 0 Å². The molecule has 0 amide bonds. The molecule has 0 saturated carbocycles. The van der Waals surface area contributed by atoms with E-state index in [2.05, 4.69) is 15.2 Å². The summed E-state index contributed by atoms with van der Waals surface area (Å²) in [6, 6.07) is 7.54. The highest BCUT2D eigenvalue weighted by atomic mass is 16.1. The summed E-state index contributed by atoms with van der Waals surface area (Å²) in [5.41, 5.74) is 2.45. The molecule has 0 aliphatic carbocycles. The number of hydrogen-bond donors (Lipinski definition) is 0. The molecule has 0 unspecified atom stereocenters.